The van der Waals surface area contributed by atoms with Crippen LogP contribution in [0, 0.1) is 5.92 Å². The SMILES string of the molecule is CCCCCCCCCCCCCCC[C-](C)C.O=S(=O)(O)c1ccccc1.[Na+]. The molecule has 1 N–H and O–H groups in total. The van der Waals surface area contributed by atoms with Gasteiger partial charge < -0.3 is 5.92 Å². The topological polar surface area (TPSA) is 54.4 Å². The van der Waals surface area contributed by atoms with E-state index in [4.69, 9.17) is 4.55 Å². The quantitative estimate of drug-likeness (QED) is 0.182. The van der Waals surface area contributed by atoms with E-state index in [-0.39, 0.29) is 34.5 Å². The first-order valence-corrected chi connectivity index (χ1v) is 12.6. The van der Waals surface area contributed by atoms with Gasteiger partial charge >= 0.3 is 29.6 Å². The molecule has 29 heavy (non-hydrogen) atoms. The fourth-order valence-corrected chi connectivity index (χ4v) is 3.59. The molecule has 0 unspecified atom stereocenters. The Morgan fingerprint density at radius 1 is 0.724 bits per heavy atom. The van der Waals surface area contributed by atoms with Crippen molar-refractivity contribution in [2.45, 2.75) is 116 Å². The molecule has 0 aliphatic rings. The molecule has 3 nitrogen and oxygen atoms in total. The first-order chi connectivity index (χ1) is 13.4. The number of hydrogen-bond acceptors (Lipinski definition) is 2. The van der Waals surface area contributed by atoms with Crippen molar-refractivity contribution in [3.05, 3.63) is 36.2 Å². The molecular weight excluding hydrogens is 391 g/mol. The molecule has 0 saturated carbocycles. The van der Waals surface area contributed by atoms with E-state index < -0.39 is 10.1 Å². The van der Waals surface area contributed by atoms with E-state index >= 15 is 0 Å². The van der Waals surface area contributed by atoms with Crippen LogP contribution >= 0.6 is 0 Å². The summed E-state index contributed by atoms with van der Waals surface area (Å²) in [5.41, 5.74) is 0. The summed E-state index contributed by atoms with van der Waals surface area (Å²) < 4.78 is 29.2. The maximum absolute atomic E-state index is 10.4. The van der Waals surface area contributed by atoms with E-state index in [0.29, 0.717) is 0 Å². The van der Waals surface area contributed by atoms with Crippen LogP contribution < -0.4 is 29.6 Å². The maximum atomic E-state index is 10.4. The minimum atomic E-state index is -4.00. The van der Waals surface area contributed by atoms with Crippen molar-refractivity contribution in [3.8, 4) is 0 Å². The van der Waals surface area contributed by atoms with Gasteiger partial charge in [-0.25, -0.2) is 0 Å². The minimum absolute atomic E-state index is 0. The van der Waals surface area contributed by atoms with Gasteiger partial charge in [0.25, 0.3) is 10.1 Å². The number of hydrogen-bond donors (Lipinski definition) is 1. The van der Waals surface area contributed by atoms with E-state index in [1.165, 1.54) is 102 Å². The summed E-state index contributed by atoms with van der Waals surface area (Å²) in [6.07, 6.45) is 20.3. The number of benzene rings is 1. The summed E-state index contributed by atoms with van der Waals surface area (Å²) in [4.78, 5) is -0.0741. The van der Waals surface area contributed by atoms with Gasteiger partial charge in [-0.15, -0.1) is 0 Å². The third-order valence-electron chi connectivity index (χ3n) is 4.82. The van der Waals surface area contributed by atoms with Gasteiger partial charge in [0.2, 0.25) is 0 Å². The summed E-state index contributed by atoms with van der Waals surface area (Å²) in [6.45, 7) is 6.79. The van der Waals surface area contributed by atoms with Crippen LogP contribution in [0.2, 0.25) is 0 Å². The van der Waals surface area contributed by atoms with Gasteiger partial charge in [0, 0.05) is 0 Å². The fraction of sp³-hybridized carbons (Fsp3) is 0.708. The zero-order chi connectivity index (χ0) is 21.1. The fourth-order valence-electron chi connectivity index (χ4n) is 3.09. The molecule has 5 heteroatoms. The number of unbranched alkanes of at least 4 members (excludes halogenated alkanes) is 12. The van der Waals surface area contributed by atoms with Crippen LogP contribution in [0.15, 0.2) is 35.2 Å². The molecular formula is C24H43NaO3S. The van der Waals surface area contributed by atoms with E-state index in [2.05, 4.69) is 20.8 Å². The van der Waals surface area contributed by atoms with Gasteiger partial charge in [-0.05, 0) is 12.1 Å². The average molecular weight is 435 g/mol. The van der Waals surface area contributed by atoms with Crippen LogP contribution in [0.4, 0.5) is 0 Å². The van der Waals surface area contributed by atoms with Crippen molar-refractivity contribution >= 4 is 10.1 Å². The summed E-state index contributed by atoms with van der Waals surface area (Å²) in [6, 6.07) is 7.42. The molecule has 0 atom stereocenters. The largest absolute Gasteiger partial charge is 1.00 e. The Hall–Kier alpha value is 0.130. The Balaban J connectivity index is 0. The van der Waals surface area contributed by atoms with Crippen molar-refractivity contribution < 1.29 is 42.5 Å². The van der Waals surface area contributed by atoms with Gasteiger partial charge in [0.15, 0.2) is 0 Å². The molecule has 0 saturated heterocycles. The van der Waals surface area contributed by atoms with Crippen molar-refractivity contribution in [3.63, 3.8) is 0 Å². The zero-order valence-electron chi connectivity index (χ0n) is 19.5. The first-order valence-electron chi connectivity index (χ1n) is 11.2. The van der Waals surface area contributed by atoms with E-state index in [0.717, 1.165) is 0 Å². The van der Waals surface area contributed by atoms with Crippen LogP contribution in [0.25, 0.3) is 0 Å². The molecule has 0 aliphatic heterocycles. The maximum Gasteiger partial charge on any atom is 1.00 e. The molecule has 0 amide bonds. The summed E-state index contributed by atoms with van der Waals surface area (Å²) in [5, 5.41) is 0. The standard InChI is InChI=1S/C18H37.C6H6O3S.Na/c1-4-5-6-7-8-9-10-11-12-13-14-15-16-17-18(2)3;7-10(8,9)6-4-2-1-3-5-6;/h4-17H2,1-3H3;1-5H,(H,7,8,9);/q-1;;+1. The van der Waals surface area contributed by atoms with Gasteiger partial charge in [0.1, 0.15) is 0 Å². The Morgan fingerprint density at radius 3 is 1.41 bits per heavy atom. The van der Waals surface area contributed by atoms with Crippen LogP contribution in [0.3, 0.4) is 0 Å². The van der Waals surface area contributed by atoms with Crippen LogP contribution in [-0.4, -0.2) is 13.0 Å². The van der Waals surface area contributed by atoms with E-state index in [1.807, 2.05) is 0 Å². The third-order valence-corrected chi connectivity index (χ3v) is 5.69. The van der Waals surface area contributed by atoms with Gasteiger partial charge in [-0.2, -0.15) is 28.7 Å². The van der Waals surface area contributed by atoms with Crippen molar-refractivity contribution in [2.24, 2.45) is 0 Å². The van der Waals surface area contributed by atoms with Gasteiger partial charge in [-0.1, -0.05) is 109 Å². The Labute approximate surface area is 203 Å². The molecule has 1 aromatic rings. The monoisotopic (exact) mass is 434 g/mol. The molecule has 0 heterocycles. The van der Waals surface area contributed by atoms with Crippen LogP contribution in [0.1, 0.15) is 111 Å². The number of rotatable bonds is 15. The minimum Gasteiger partial charge on any atom is -0.320 e. The molecule has 0 fully saturated rings. The third kappa shape index (κ3) is 22.6. The molecule has 164 valence electrons. The van der Waals surface area contributed by atoms with Crippen LogP contribution in [0.5, 0.6) is 0 Å². The average Bonchev–Trinajstić information content (AvgIpc) is 2.66. The van der Waals surface area contributed by atoms with Crippen molar-refractivity contribution in [1.29, 1.82) is 0 Å². The second kappa shape index (κ2) is 21.4. The molecule has 0 spiro atoms. The van der Waals surface area contributed by atoms with Gasteiger partial charge in [-0.3, -0.25) is 4.55 Å². The smallest absolute Gasteiger partial charge is 0.320 e. The summed E-state index contributed by atoms with van der Waals surface area (Å²) in [5.74, 6) is 1.60. The van der Waals surface area contributed by atoms with Crippen LogP contribution in [-0.2, 0) is 10.1 Å². The summed E-state index contributed by atoms with van der Waals surface area (Å²) >= 11 is 0. The normalized spacial score (nSPS) is 10.9. The first kappa shape index (κ1) is 31.3. The predicted molar refractivity (Wildman–Crippen MR) is 121 cm³/mol. The Bertz CT molecular complexity index is 545. The molecule has 0 radical (unpaired) electrons. The van der Waals surface area contributed by atoms with Crippen molar-refractivity contribution in [1.82, 2.24) is 0 Å². The predicted octanol–water partition coefficient (Wildman–Crippen LogP) is 5.02. The zero-order valence-corrected chi connectivity index (χ0v) is 22.3. The second-order valence-electron chi connectivity index (χ2n) is 7.99. The molecule has 1 rings (SSSR count). The molecule has 0 bridgehead atoms. The van der Waals surface area contributed by atoms with E-state index in [1.54, 1.807) is 24.1 Å². The van der Waals surface area contributed by atoms with Gasteiger partial charge in [0.05, 0.1) is 4.90 Å². The molecule has 0 aliphatic carbocycles. The molecule has 0 aromatic heterocycles. The van der Waals surface area contributed by atoms with Crippen molar-refractivity contribution in [2.75, 3.05) is 0 Å². The Morgan fingerprint density at radius 2 is 1.10 bits per heavy atom. The molecule has 1 aromatic carbocycles. The Kier molecular flexibility index (Phi) is 23.1. The second-order valence-corrected chi connectivity index (χ2v) is 9.41. The van der Waals surface area contributed by atoms with E-state index in [9.17, 15) is 8.42 Å². The summed E-state index contributed by atoms with van der Waals surface area (Å²) in [7, 11) is -4.00.